The van der Waals surface area contributed by atoms with E-state index in [1.807, 2.05) is 31.2 Å². The van der Waals surface area contributed by atoms with Crippen molar-refractivity contribution in [3.63, 3.8) is 0 Å². The number of hydrogen-bond acceptors (Lipinski definition) is 5. The van der Waals surface area contributed by atoms with Crippen LogP contribution >= 0.6 is 0 Å². The maximum atomic E-state index is 12.5. The van der Waals surface area contributed by atoms with Crippen LogP contribution < -0.4 is 10.2 Å². The fourth-order valence-electron chi connectivity index (χ4n) is 2.58. The van der Waals surface area contributed by atoms with E-state index >= 15 is 0 Å². The molecule has 0 N–H and O–H groups in total. The molecule has 0 spiro atoms. The van der Waals surface area contributed by atoms with Gasteiger partial charge < -0.3 is 13.9 Å². The van der Waals surface area contributed by atoms with Gasteiger partial charge in [0.05, 0.1) is 12.0 Å². The molecule has 3 rings (SSSR count). The summed E-state index contributed by atoms with van der Waals surface area (Å²) in [4.78, 5) is 24.2. The van der Waals surface area contributed by atoms with E-state index in [0.717, 1.165) is 11.1 Å². The van der Waals surface area contributed by atoms with Crippen molar-refractivity contribution in [3.05, 3.63) is 64.3 Å². The number of benzene rings is 2. The van der Waals surface area contributed by atoms with Gasteiger partial charge >= 0.3 is 5.97 Å². The zero-order valence-corrected chi connectivity index (χ0v) is 14.9. The number of carbonyl (C=O) groups excluding carboxylic acids is 1. The van der Waals surface area contributed by atoms with Crippen LogP contribution in [0.4, 0.5) is 0 Å². The molecular weight excluding hydrogens is 332 g/mol. The van der Waals surface area contributed by atoms with Crippen molar-refractivity contribution in [1.29, 1.82) is 0 Å². The van der Waals surface area contributed by atoms with Crippen molar-refractivity contribution < 1.29 is 18.7 Å². The highest BCUT2D eigenvalue weighted by Crippen LogP contribution is 2.25. The lowest BCUT2D eigenvalue weighted by atomic mass is 10.1. The first kappa shape index (κ1) is 17.7. The maximum Gasteiger partial charge on any atom is 0.347 e. The predicted octanol–water partition coefficient (Wildman–Crippen LogP) is 4.10. The Morgan fingerprint density at radius 1 is 1.12 bits per heavy atom. The molecule has 1 aromatic heterocycles. The van der Waals surface area contributed by atoms with E-state index in [-0.39, 0.29) is 12.0 Å². The number of carbonyl (C=O) groups is 1. The van der Waals surface area contributed by atoms with Crippen molar-refractivity contribution in [2.24, 2.45) is 0 Å². The highest BCUT2D eigenvalue weighted by atomic mass is 16.6. The summed E-state index contributed by atoms with van der Waals surface area (Å²) in [6.45, 7) is 5.62. The molecule has 0 fully saturated rings. The predicted molar refractivity (Wildman–Crippen MR) is 99.4 cm³/mol. The van der Waals surface area contributed by atoms with Crippen LogP contribution in [-0.4, -0.2) is 18.7 Å². The Morgan fingerprint density at radius 2 is 1.85 bits per heavy atom. The monoisotopic (exact) mass is 352 g/mol. The minimum Gasteiger partial charge on any atom is -0.479 e. The van der Waals surface area contributed by atoms with Gasteiger partial charge in [0.25, 0.3) is 0 Å². The molecule has 0 saturated heterocycles. The molecule has 0 aliphatic rings. The van der Waals surface area contributed by atoms with Crippen LogP contribution in [-0.2, 0) is 9.53 Å². The summed E-state index contributed by atoms with van der Waals surface area (Å²) in [5.74, 6) is 0.471. The molecule has 134 valence electrons. The first-order chi connectivity index (χ1) is 12.5. The Bertz CT molecular complexity index is 985. The van der Waals surface area contributed by atoms with Crippen LogP contribution in [0.2, 0.25) is 0 Å². The highest BCUT2D eigenvalue weighted by Gasteiger charge is 2.16. The van der Waals surface area contributed by atoms with Crippen LogP contribution in [0.15, 0.2) is 57.7 Å². The molecule has 5 nitrogen and oxygen atoms in total. The molecule has 1 atom stereocenters. The van der Waals surface area contributed by atoms with Gasteiger partial charge in [-0.2, -0.15) is 0 Å². The smallest absolute Gasteiger partial charge is 0.347 e. The summed E-state index contributed by atoms with van der Waals surface area (Å²) in [7, 11) is 0. The van der Waals surface area contributed by atoms with E-state index in [4.69, 9.17) is 13.9 Å². The van der Waals surface area contributed by atoms with Gasteiger partial charge in [-0.05, 0) is 39.0 Å². The second kappa shape index (κ2) is 7.44. The maximum absolute atomic E-state index is 12.5. The second-order valence-electron chi connectivity index (χ2n) is 6.01. The normalized spacial score (nSPS) is 12.0. The molecule has 0 bridgehead atoms. The molecule has 0 saturated carbocycles. The minimum atomic E-state index is -0.758. The molecule has 0 unspecified atom stereocenters. The Kier molecular flexibility index (Phi) is 5.07. The van der Waals surface area contributed by atoms with Crippen LogP contribution in [0.3, 0.4) is 0 Å². The van der Waals surface area contributed by atoms with E-state index in [1.165, 1.54) is 6.07 Å². The Balaban J connectivity index is 1.92. The van der Waals surface area contributed by atoms with Gasteiger partial charge in [0.1, 0.15) is 17.1 Å². The molecule has 1 heterocycles. The van der Waals surface area contributed by atoms with E-state index in [0.29, 0.717) is 22.5 Å². The molecule has 0 amide bonds. The Labute approximate surface area is 151 Å². The van der Waals surface area contributed by atoms with Crippen LogP contribution in [0.1, 0.15) is 19.4 Å². The number of ether oxygens (including phenoxy) is 2. The number of esters is 1. The number of rotatable bonds is 5. The fraction of sp³-hybridized carbons (Fsp3) is 0.238. The molecule has 0 aliphatic heterocycles. The van der Waals surface area contributed by atoms with Gasteiger partial charge in [0.2, 0.25) is 0 Å². The zero-order valence-electron chi connectivity index (χ0n) is 14.9. The summed E-state index contributed by atoms with van der Waals surface area (Å²) in [6, 6.07) is 14.1. The van der Waals surface area contributed by atoms with Crippen molar-refractivity contribution in [1.82, 2.24) is 0 Å². The van der Waals surface area contributed by atoms with Crippen molar-refractivity contribution >= 4 is 16.9 Å². The van der Waals surface area contributed by atoms with Crippen LogP contribution in [0.5, 0.6) is 5.75 Å². The van der Waals surface area contributed by atoms with Gasteiger partial charge in [-0.15, -0.1) is 0 Å². The summed E-state index contributed by atoms with van der Waals surface area (Å²) in [6.07, 6.45) is -0.758. The first-order valence-electron chi connectivity index (χ1n) is 8.46. The average molecular weight is 352 g/mol. The minimum absolute atomic E-state index is 0.170. The zero-order chi connectivity index (χ0) is 18.7. The second-order valence-corrected chi connectivity index (χ2v) is 6.01. The summed E-state index contributed by atoms with van der Waals surface area (Å²) >= 11 is 0. The van der Waals surface area contributed by atoms with Gasteiger partial charge in [0.15, 0.2) is 11.5 Å². The van der Waals surface area contributed by atoms with Gasteiger partial charge in [-0.1, -0.05) is 29.8 Å². The highest BCUT2D eigenvalue weighted by molar-refractivity contribution is 5.80. The lowest BCUT2D eigenvalue weighted by Gasteiger charge is -2.13. The van der Waals surface area contributed by atoms with Gasteiger partial charge in [-0.25, -0.2) is 4.79 Å². The third-order valence-corrected chi connectivity index (χ3v) is 3.97. The summed E-state index contributed by atoms with van der Waals surface area (Å²) in [5, 5.41) is 0.398. The Hall–Kier alpha value is -3.08. The number of hydrogen-bond donors (Lipinski definition) is 0. The molecule has 5 heteroatoms. The van der Waals surface area contributed by atoms with Gasteiger partial charge in [-0.3, -0.25) is 4.79 Å². The lowest BCUT2D eigenvalue weighted by Crippen LogP contribution is -2.26. The fourth-order valence-corrected chi connectivity index (χ4v) is 2.58. The quantitative estimate of drug-likeness (QED) is 0.647. The third kappa shape index (κ3) is 3.77. The SMILES string of the molecule is CCOC(=O)[C@@H](C)Oc1ccc2oc(-c3ccc(C)cc3)cc(=O)c2c1. The van der Waals surface area contributed by atoms with Crippen LogP contribution in [0.25, 0.3) is 22.3 Å². The molecule has 2 aromatic carbocycles. The first-order valence-corrected chi connectivity index (χ1v) is 8.46. The molecule has 0 aliphatic carbocycles. The van der Waals surface area contributed by atoms with Gasteiger partial charge in [0, 0.05) is 11.6 Å². The van der Waals surface area contributed by atoms with E-state index in [2.05, 4.69) is 0 Å². The van der Waals surface area contributed by atoms with Crippen molar-refractivity contribution in [2.45, 2.75) is 26.9 Å². The topological polar surface area (TPSA) is 65.7 Å². The number of fused-ring (bicyclic) bond motifs is 1. The lowest BCUT2D eigenvalue weighted by molar-refractivity contribution is -0.150. The number of aryl methyl sites for hydroxylation is 1. The third-order valence-electron chi connectivity index (χ3n) is 3.97. The largest absolute Gasteiger partial charge is 0.479 e. The molecule has 26 heavy (non-hydrogen) atoms. The van der Waals surface area contributed by atoms with E-state index in [9.17, 15) is 9.59 Å². The van der Waals surface area contributed by atoms with E-state index in [1.54, 1.807) is 32.0 Å². The van der Waals surface area contributed by atoms with Crippen molar-refractivity contribution in [2.75, 3.05) is 6.61 Å². The van der Waals surface area contributed by atoms with E-state index < -0.39 is 12.1 Å². The standard InChI is InChI=1S/C21H20O5/c1-4-24-21(23)14(3)25-16-9-10-19-17(11-16)18(22)12-20(26-19)15-7-5-13(2)6-8-15/h5-12,14H,4H2,1-3H3/t14-/m1/s1. The molecular formula is C21H20O5. The Morgan fingerprint density at radius 3 is 2.54 bits per heavy atom. The summed E-state index contributed by atoms with van der Waals surface area (Å²) in [5.41, 5.74) is 2.26. The average Bonchev–Trinajstić information content (AvgIpc) is 2.63. The molecule has 3 aromatic rings. The summed E-state index contributed by atoms with van der Waals surface area (Å²) < 4.78 is 16.3. The van der Waals surface area contributed by atoms with Crippen molar-refractivity contribution in [3.8, 4) is 17.1 Å². The molecule has 0 radical (unpaired) electrons. The van der Waals surface area contributed by atoms with Crippen LogP contribution in [0, 0.1) is 6.92 Å².